The molecule has 1 fully saturated rings. The molecule has 5 nitrogen and oxygen atoms in total. The number of anilines is 1. The zero-order valence-corrected chi connectivity index (χ0v) is 8.98. The second kappa shape index (κ2) is 4.38. The molecule has 0 saturated heterocycles. The summed E-state index contributed by atoms with van der Waals surface area (Å²) in [5.41, 5.74) is 11.4. The maximum atomic E-state index is 11.1. The predicted molar refractivity (Wildman–Crippen MR) is 60.0 cm³/mol. The smallest absolute Gasteiger partial charge is 0.254 e. The first-order valence-electron chi connectivity index (χ1n) is 5.35. The van der Waals surface area contributed by atoms with Crippen LogP contribution in [-0.2, 0) is 0 Å². The van der Waals surface area contributed by atoms with E-state index in [0.717, 1.165) is 12.3 Å². The van der Waals surface area contributed by atoms with E-state index in [1.807, 2.05) is 0 Å². The SMILES string of the molecule is NC(=O)c1cc(N)cnc1OCCC1CC1. The van der Waals surface area contributed by atoms with Crippen molar-refractivity contribution >= 4 is 11.6 Å². The van der Waals surface area contributed by atoms with Gasteiger partial charge in [-0.2, -0.15) is 0 Å². The summed E-state index contributed by atoms with van der Waals surface area (Å²) in [6, 6.07) is 1.49. The lowest BCUT2D eigenvalue weighted by molar-refractivity contribution is 0.0995. The lowest BCUT2D eigenvalue weighted by atomic mass is 10.2. The number of primary amides is 1. The number of pyridine rings is 1. The Morgan fingerprint density at radius 1 is 1.56 bits per heavy atom. The number of amides is 1. The zero-order valence-electron chi connectivity index (χ0n) is 8.98. The number of nitrogens with two attached hydrogens (primary N) is 2. The lowest BCUT2D eigenvalue weighted by Crippen LogP contribution is -2.15. The van der Waals surface area contributed by atoms with Crippen LogP contribution in [0.15, 0.2) is 12.3 Å². The maximum absolute atomic E-state index is 11.1. The zero-order chi connectivity index (χ0) is 11.5. The maximum Gasteiger partial charge on any atom is 0.254 e. The molecule has 0 aromatic carbocycles. The highest BCUT2D eigenvalue weighted by atomic mass is 16.5. The van der Waals surface area contributed by atoms with Crippen molar-refractivity contribution in [3.05, 3.63) is 17.8 Å². The molecule has 1 saturated carbocycles. The Hall–Kier alpha value is -1.78. The fraction of sp³-hybridized carbons (Fsp3) is 0.455. The van der Waals surface area contributed by atoms with Crippen LogP contribution >= 0.6 is 0 Å². The van der Waals surface area contributed by atoms with Gasteiger partial charge in [-0.25, -0.2) is 4.98 Å². The molecular weight excluding hydrogens is 206 g/mol. The molecule has 1 amide bonds. The van der Waals surface area contributed by atoms with Crippen molar-refractivity contribution in [1.29, 1.82) is 0 Å². The van der Waals surface area contributed by atoms with E-state index in [1.165, 1.54) is 25.1 Å². The molecular formula is C11H15N3O2. The van der Waals surface area contributed by atoms with Crippen LogP contribution in [-0.4, -0.2) is 17.5 Å². The highest BCUT2D eigenvalue weighted by molar-refractivity contribution is 5.95. The minimum atomic E-state index is -0.568. The van der Waals surface area contributed by atoms with Crippen LogP contribution < -0.4 is 16.2 Å². The third-order valence-corrected chi connectivity index (χ3v) is 2.60. The number of carbonyl (C=O) groups is 1. The van der Waals surface area contributed by atoms with Crippen LogP contribution in [0.5, 0.6) is 5.88 Å². The highest BCUT2D eigenvalue weighted by Crippen LogP contribution is 2.32. The van der Waals surface area contributed by atoms with Gasteiger partial charge >= 0.3 is 0 Å². The third-order valence-electron chi connectivity index (χ3n) is 2.60. The molecule has 0 spiro atoms. The Labute approximate surface area is 93.8 Å². The summed E-state index contributed by atoms with van der Waals surface area (Å²) in [7, 11) is 0. The molecule has 1 heterocycles. The molecule has 0 bridgehead atoms. The lowest BCUT2D eigenvalue weighted by Gasteiger charge is -2.08. The highest BCUT2D eigenvalue weighted by Gasteiger charge is 2.21. The molecule has 1 aromatic rings. The van der Waals surface area contributed by atoms with Crippen LogP contribution in [0.4, 0.5) is 5.69 Å². The van der Waals surface area contributed by atoms with Crippen molar-refractivity contribution in [2.24, 2.45) is 11.7 Å². The number of aromatic nitrogens is 1. The molecule has 0 radical (unpaired) electrons. The van der Waals surface area contributed by atoms with Gasteiger partial charge in [0.15, 0.2) is 0 Å². The van der Waals surface area contributed by atoms with Gasteiger partial charge in [-0.3, -0.25) is 4.79 Å². The Balaban J connectivity index is 2.02. The largest absolute Gasteiger partial charge is 0.477 e. The average molecular weight is 221 g/mol. The Bertz CT molecular complexity index is 402. The number of nitrogens with zero attached hydrogens (tertiary/aromatic N) is 1. The van der Waals surface area contributed by atoms with Gasteiger partial charge in [-0.15, -0.1) is 0 Å². The van der Waals surface area contributed by atoms with Gasteiger partial charge in [-0.1, -0.05) is 12.8 Å². The topological polar surface area (TPSA) is 91.2 Å². The molecule has 1 aromatic heterocycles. The van der Waals surface area contributed by atoms with Gasteiger partial charge in [-0.05, 0) is 18.4 Å². The van der Waals surface area contributed by atoms with Crippen molar-refractivity contribution in [2.45, 2.75) is 19.3 Å². The summed E-state index contributed by atoms with van der Waals surface area (Å²) in [5, 5.41) is 0. The van der Waals surface area contributed by atoms with E-state index in [1.54, 1.807) is 0 Å². The molecule has 16 heavy (non-hydrogen) atoms. The first-order valence-corrected chi connectivity index (χ1v) is 5.35. The van der Waals surface area contributed by atoms with Crippen molar-refractivity contribution < 1.29 is 9.53 Å². The molecule has 5 heteroatoms. The summed E-state index contributed by atoms with van der Waals surface area (Å²) in [6.45, 7) is 0.571. The molecule has 2 rings (SSSR count). The fourth-order valence-electron chi connectivity index (χ4n) is 1.49. The quantitative estimate of drug-likeness (QED) is 0.774. The van der Waals surface area contributed by atoms with Crippen LogP contribution in [0.1, 0.15) is 29.6 Å². The van der Waals surface area contributed by atoms with E-state index in [4.69, 9.17) is 16.2 Å². The van der Waals surface area contributed by atoms with Crippen molar-refractivity contribution in [2.75, 3.05) is 12.3 Å². The molecule has 0 atom stereocenters. The Morgan fingerprint density at radius 3 is 2.94 bits per heavy atom. The Morgan fingerprint density at radius 2 is 2.31 bits per heavy atom. The molecule has 4 N–H and O–H groups in total. The van der Waals surface area contributed by atoms with E-state index in [0.29, 0.717) is 12.3 Å². The molecule has 86 valence electrons. The number of hydrogen-bond acceptors (Lipinski definition) is 4. The number of ether oxygens (including phenoxy) is 1. The summed E-state index contributed by atoms with van der Waals surface area (Å²) in [6.07, 6.45) is 5.02. The van der Waals surface area contributed by atoms with Crippen LogP contribution in [0.2, 0.25) is 0 Å². The van der Waals surface area contributed by atoms with Crippen LogP contribution in [0.25, 0.3) is 0 Å². The van der Waals surface area contributed by atoms with Gasteiger partial charge in [0, 0.05) is 0 Å². The summed E-state index contributed by atoms with van der Waals surface area (Å²) in [4.78, 5) is 15.1. The minimum absolute atomic E-state index is 0.246. The summed E-state index contributed by atoms with van der Waals surface area (Å²) in [5.74, 6) is 0.495. The number of rotatable bonds is 5. The van der Waals surface area contributed by atoms with E-state index in [2.05, 4.69) is 4.98 Å². The Kier molecular flexibility index (Phi) is 2.94. The van der Waals surface area contributed by atoms with E-state index >= 15 is 0 Å². The monoisotopic (exact) mass is 221 g/mol. The summed E-state index contributed by atoms with van der Waals surface area (Å²) >= 11 is 0. The minimum Gasteiger partial charge on any atom is -0.477 e. The van der Waals surface area contributed by atoms with Gasteiger partial charge in [0.2, 0.25) is 5.88 Å². The first-order chi connectivity index (χ1) is 7.66. The second-order valence-electron chi connectivity index (χ2n) is 4.07. The average Bonchev–Trinajstić information content (AvgIpc) is 3.04. The molecule has 1 aliphatic carbocycles. The summed E-state index contributed by atoms with van der Waals surface area (Å²) < 4.78 is 5.44. The van der Waals surface area contributed by atoms with E-state index < -0.39 is 5.91 Å². The van der Waals surface area contributed by atoms with Gasteiger partial charge in [0.1, 0.15) is 5.56 Å². The normalized spacial score (nSPS) is 14.8. The third kappa shape index (κ3) is 2.62. The molecule has 1 aliphatic rings. The predicted octanol–water partition coefficient (Wildman–Crippen LogP) is 0.942. The van der Waals surface area contributed by atoms with Crippen molar-refractivity contribution in [3.63, 3.8) is 0 Å². The van der Waals surface area contributed by atoms with Gasteiger partial charge in [0.05, 0.1) is 18.5 Å². The first kappa shape index (κ1) is 10.7. The van der Waals surface area contributed by atoms with Gasteiger partial charge in [0.25, 0.3) is 5.91 Å². The fourth-order valence-corrected chi connectivity index (χ4v) is 1.49. The second-order valence-corrected chi connectivity index (χ2v) is 4.07. The van der Waals surface area contributed by atoms with Crippen molar-refractivity contribution in [3.8, 4) is 5.88 Å². The number of nitrogen functional groups attached to an aromatic ring is 1. The number of carbonyl (C=O) groups excluding carboxylic acids is 1. The van der Waals surface area contributed by atoms with E-state index in [-0.39, 0.29) is 11.4 Å². The molecule has 0 unspecified atom stereocenters. The van der Waals surface area contributed by atoms with Crippen molar-refractivity contribution in [1.82, 2.24) is 4.98 Å². The standard InChI is InChI=1S/C11H15N3O2/c12-8-5-9(10(13)15)11(14-6-8)16-4-3-7-1-2-7/h5-7H,1-4,12H2,(H2,13,15). The number of hydrogen-bond donors (Lipinski definition) is 2. The molecule has 0 aliphatic heterocycles. The van der Waals surface area contributed by atoms with E-state index in [9.17, 15) is 4.79 Å². The van der Waals surface area contributed by atoms with Crippen LogP contribution in [0, 0.1) is 5.92 Å². The van der Waals surface area contributed by atoms with Crippen LogP contribution in [0.3, 0.4) is 0 Å². The van der Waals surface area contributed by atoms with Gasteiger partial charge < -0.3 is 16.2 Å².